The number of allylic oxidation sites excluding steroid dienone is 1. The van der Waals surface area contributed by atoms with Crippen LogP contribution in [0.3, 0.4) is 0 Å². The summed E-state index contributed by atoms with van der Waals surface area (Å²) in [5.41, 5.74) is 0. The fourth-order valence-corrected chi connectivity index (χ4v) is 1.08. The molecule has 3 nitrogen and oxygen atoms in total. The van der Waals surface area contributed by atoms with Gasteiger partial charge in [0.05, 0.1) is 0 Å². The normalized spacial score (nSPS) is 10.8. The molecule has 0 aromatic carbocycles. The summed E-state index contributed by atoms with van der Waals surface area (Å²) in [6.07, 6.45) is 4.57. The van der Waals surface area contributed by atoms with Gasteiger partial charge in [0.15, 0.2) is 0 Å². The minimum atomic E-state index is -1.04. The lowest BCUT2D eigenvalue weighted by atomic mass is 10.3. The van der Waals surface area contributed by atoms with Gasteiger partial charge in [-0.2, -0.15) is 0 Å². The Morgan fingerprint density at radius 2 is 2.38 bits per heavy atom. The molecule has 0 saturated carbocycles. The molecule has 0 spiro atoms. The van der Waals surface area contributed by atoms with Crippen LogP contribution >= 0.6 is 15.9 Å². The lowest BCUT2D eigenvalue weighted by molar-refractivity contribution is 0.0662. The fraction of sp³-hybridized carbons (Fsp3) is 0.222. The van der Waals surface area contributed by atoms with E-state index in [-0.39, 0.29) is 5.76 Å². The Hall–Kier alpha value is -1.03. The Labute approximate surface area is 84.2 Å². The molecule has 1 aromatic heterocycles. The summed E-state index contributed by atoms with van der Waals surface area (Å²) in [5.74, 6) is -0.503. The van der Waals surface area contributed by atoms with E-state index in [2.05, 4.69) is 15.9 Å². The fourth-order valence-electron chi connectivity index (χ4n) is 0.820. The van der Waals surface area contributed by atoms with Crippen molar-refractivity contribution in [3.05, 3.63) is 29.7 Å². The van der Waals surface area contributed by atoms with Gasteiger partial charge in [0.25, 0.3) is 0 Å². The van der Waals surface area contributed by atoms with Crippen LogP contribution in [0, 0.1) is 0 Å². The number of aromatic carboxylic acids is 1. The maximum Gasteiger partial charge on any atom is 0.371 e. The first-order valence-electron chi connectivity index (χ1n) is 3.79. The Morgan fingerprint density at radius 1 is 1.62 bits per heavy atom. The SMILES string of the molecule is O=C(O)c1ccc(C=CCCBr)o1. The molecular weight excluding hydrogens is 236 g/mol. The highest BCUT2D eigenvalue weighted by Crippen LogP contribution is 2.09. The number of alkyl halides is 1. The third-order valence-electron chi connectivity index (χ3n) is 1.40. The highest BCUT2D eigenvalue weighted by Gasteiger charge is 2.06. The third kappa shape index (κ3) is 3.06. The van der Waals surface area contributed by atoms with Crippen LogP contribution in [0.4, 0.5) is 0 Å². The molecule has 0 amide bonds. The maximum absolute atomic E-state index is 10.4. The van der Waals surface area contributed by atoms with Crippen molar-refractivity contribution in [3.8, 4) is 0 Å². The second-order valence-corrected chi connectivity index (χ2v) is 3.18. The molecule has 13 heavy (non-hydrogen) atoms. The summed E-state index contributed by atoms with van der Waals surface area (Å²) in [6.45, 7) is 0. The molecule has 0 radical (unpaired) electrons. The van der Waals surface area contributed by atoms with Crippen molar-refractivity contribution in [3.63, 3.8) is 0 Å². The van der Waals surface area contributed by atoms with Crippen molar-refractivity contribution in [2.45, 2.75) is 6.42 Å². The van der Waals surface area contributed by atoms with Crippen LogP contribution in [0.15, 0.2) is 22.6 Å². The first kappa shape index (κ1) is 10.1. The van der Waals surface area contributed by atoms with Crippen molar-refractivity contribution in [1.29, 1.82) is 0 Å². The molecule has 0 bridgehead atoms. The van der Waals surface area contributed by atoms with Crippen LogP contribution in [0.1, 0.15) is 22.7 Å². The molecule has 0 aliphatic heterocycles. The smallest absolute Gasteiger partial charge is 0.371 e. The second-order valence-electron chi connectivity index (χ2n) is 2.39. The summed E-state index contributed by atoms with van der Waals surface area (Å²) in [7, 11) is 0. The number of carboxylic acid groups (broad SMARTS) is 1. The number of halogens is 1. The zero-order chi connectivity index (χ0) is 9.68. The van der Waals surface area contributed by atoms with Gasteiger partial charge in [0.2, 0.25) is 5.76 Å². The minimum absolute atomic E-state index is 0.0292. The largest absolute Gasteiger partial charge is 0.475 e. The van der Waals surface area contributed by atoms with E-state index in [1.165, 1.54) is 6.07 Å². The molecule has 0 fully saturated rings. The van der Waals surface area contributed by atoms with Crippen molar-refractivity contribution in [1.82, 2.24) is 0 Å². The van der Waals surface area contributed by atoms with Gasteiger partial charge < -0.3 is 9.52 Å². The van der Waals surface area contributed by atoms with E-state index in [1.807, 2.05) is 6.08 Å². The van der Waals surface area contributed by atoms with E-state index in [9.17, 15) is 4.79 Å². The van der Waals surface area contributed by atoms with Crippen LogP contribution in [-0.4, -0.2) is 16.4 Å². The molecule has 0 unspecified atom stereocenters. The Bertz CT molecular complexity index is 314. The van der Waals surface area contributed by atoms with E-state index in [0.717, 1.165) is 11.8 Å². The molecule has 0 atom stereocenters. The van der Waals surface area contributed by atoms with Crippen molar-refractivity contribution < 1.29 is 14.3 Å². The summed E-state index contributed by atoms with van der Waals surface area (Å²) >= 11 is 3.28. The van der Waals surface area contributed by atoms with Crippen LogP contribution in [0.2, 0.25) is 0 Å². The first-order valence-corrected chi connectivity index (χ1v) is 4.92. The van der Waals surface area contributed by atoms with Gasteiger partial charge in [0, 0.05) is 5.33 Å². The summed E-state index contributed by atoms with van der Waals surface area (Å²) < 4.78 is 4.99. The predicted molar refractivity (Wildman–Crippen MR) is 53.1 cm³/mol. The molecule has 70 valence electrons. The number of rotatable bonds is 4. The number of hydrogen-bond donors (Lipinski definition) is 1. The average molecular weight is 245 g/mol. The molecular formula is C9H9BrO3. The highest BCUT2D eigenvalue weighted by atomic mass is 79.9. The van der Waals surface area contributed by atoms with Crippen LogP contribution in [0.5, 0.6) is 0 Å². The predicted octanol–water partition coefficient (Wildman–Crippen LogP) is 2.78. The lowest BCUT2D eigenvalue weighted by Gasteiger charge is -1.85. The van der Waals surface area contributed by atoms with E-state index in [0.29, 0.717) is 5.76 Å². The zero-order valence-electron chi connectivity index (χ0n) is 6.87. The van der Waals surface area contributed by atoms with E-state index in [1.54, 1.807) is 12.1 Å². The quantitative estimate of drug-likeness (QED) is 0.829. The molecule has 4 heteroatoms. The van der Waals surface area contributed by atoms with E-state index in [4.69, 9.17) is 9.52 Å². The number of carbonyl (C=O) groups is 1. The Balaban J connectivity index is 2.64. The van der Waals surface area contributed by atoms with Gasteiger partial charge in [-0.15, -0.1) is 0 Å². The van der Waals surface area contributed by atoms with E-state index < -0.39 is 5.97 Å². The molecule has 0 aliphatic rings. The molecule has 0 saturated heterocycles. The number of hydrogen-bond acceptors (Lipinski definition) is 2. The van der Waals surface area contributed by atoms with Crippen molar-refractivity contribution in [2.24, 2.45) is 0 Å². The van der Waals surface area contributed by atoms with Crippen LogP contribution < -0.4 is 0 Å². The molecule has 1 rings (SSSR count). The summed E-state index contributed by atoms with van der Waals surface area (Å²) in [4.78, 5) is 10.4. The standard InChI is InChI=1S/C9H9BrO3/c10-6-2-1-3-7-4-5-8(13-7)9(11)12/h1,3-5H,2,6H2,(H,11,12). The molecule has 1 heterocycles. The third-order valence-corrected chi connectivity index (χ3v) is 1.85. The first-order chi connectivity index (χ1) is 6.24. The monoisotopic (exact) mass is 244 g/mol. The zero-order valence-corrected chi connectivity index (χ0v) is 8.45. The molecule has 0 aliphatic carbocycles. The van der Waals surface area contributed by atoms with Gasteiger partial charge in [-0.25, -0.2) is 4.79 Å². The van der Waals surface area contributed by atoms with Crippen molar-refractivity contribution in [2.75, 3.05) is 5.33 Å². The lowest BCUT2D eigenvalue weighted by Crippen LogP contribution is -1.91. The minimum Gasteiger partial charge on any atom is -0.475 e. The highest BCUT2D eigenvalue weighted by molar-refractivity contribution is 9.09. The topological polar surface area (TPSA) is 50.4 Å². The van der Waals surface area contributed by atoms with Gasteiger partial charge in [-0.05, 0) is 24.6 Å². The summed E-state index contributed by atoms with van der Waals surface area (Å²) in [6, 6.07) is 3.07. The Morgan fingerprint density at radius 3 is 2.92 bits per heavy atom. The van der Waals surface area contributed by atoms with Gasteiger partial charge in [-0.1, -0.05) is 22.0 Å². The van der Waals surface area contributed by atoms with E-state index >= 15 is 0 Å². The van der Waals surface area contributed by atoms with Gasteiger partial charge in [0.1, 0.15) is 5.76 Å². The summed E-state index contributed by atoms with van der Waals surface area (Å²) in [5, 5.41) is 9.43. The average Bonchev–Trinajstić information content (AvgIpc) is 2.53. The Kier molecular flexibility index (Phi) is 3.76. The van der Waals surface area contributed by atoms with Gasteiger partial charge >= 0.3 is 5.97 Å². The van der Waals surface area contributed by atoms with Gasteiger partial charge in [-0.3, -0.25) is 0 Å². The number of carboxylic acids is 1. The molecule has 1 aromatic rings. The van der Waals surface area contributed by atoms with Crippen LogP contribution in [0.25, 0.3) is 6.08 Å². The van der Waals surface area contributed by atoms with Crippen molar-refractivity contribution >= 4 is 28.0 Å². The molecule has 1 N–H and O–H groups in total. The maximum atomic E-state index is 10.4. The van der Waals surface area contributed by atoms with Crippen LogP contribution in [-0.2, 0) is 0 Å². The number of furan rings is 1. The second kappa shape index (κ2) is 4.87.